The van der Waals surface area contributed by atoms with Crippen molar-refractivity contribution in [2.24, 2.45) is 0 Å². The maximum absolute atomic E-state index is 12.2. The largest absolute Gasteiger partial charge is 0.301 e. The number of hydrogen-bond donors (Lipinski definition) is 1. The molecule has 0 fully saturated rings. The molecule has 0 aliphatic rings. The summed E-state index contributed by atoms with van der Waals surface area (Å²) in [5.74, 6) is 0.118. The molecular formula is C20H15ClN4OS2. The molecule has 0 aliphatic heterocycles. The van der Waals surface area contributed by atoms with Crippen LogP contribution >= 0.6 is 34.7 Å². The van der Waals surface area contributed by atoms with Crippen LogP contribution in [-0.4, -0.2) is 26.6 Å². The molecule has 5 nitrogen and oxygen atoms in total. The van der Waals surface area contributed by atoms with Gasteiger partial charge in [0, 0.05) is 23.0 Å². The Morgan fingerprint density at radius 3 is 2.54 bits per heavy atom. The Kier molecular flexibility index (Phi) is 5.85. The highest BCUT2D eigenvalue weighted by molar-refractivity contribution is 8.00. The topological polar surface area (TPSA) is 67.8 Å². The van der Waals surface area contributed by atoms with Gasteiger partial charge in [-0.25, -0.2) is 15.0 Å². The Hall–Kier alpha value is -2.48. The number of hydrogen-bond acceptors (Lipinski definition) is 6. The Morgan fingerprint density at radius 2 is 1.82 bits per heavy atom. The molecule has 0 radical (unpaired) electrons. The molecule has 4 aromatic rings. The van der Waals surface area contributed by atoms with Crippen LogP contribution in [0.4, 0.5) is 5.13 Å². The van der Waals surface area contributed by atoms with E-state index in [0.29, 0.717) is 16.6 Å². The van der Waals surface area contributed by atoms with Gasteiger partial charge in [-0.2, -0.15) is 0 Å². The van der Waals surface area contributed by atoms with Crippen LogP contribution in [0.5, 0.6) is 0 Å². The van der Waals surface area contributed by atoms with Gasteiger partial charge >= 0.3 is 0 Å². The summed E-state index contributed by atoms with van der Waals surface area (Å²) in [7, 11) is 0. The molecule has 0 saturated heterocycles. The smallest absolute Gasteiger partial charge is 0.236 e. The van der Waals surface area contributed by atoms with E-state index >= 15 is 0 Å². The number of para-hydroxylation sites is 2. The van der Waals surface area contributed by atoms with Crippen molar-refractivity contribution in [2.75, 3.05) is 11.1 Å². The van der Waals surface area contributed by atoms with E-state index in [4.69, 9.17) is 21.6 Å². The summed E-state index contributed by atoms with van der Waals surface area (Å²) in [6.07, 6.45) is 2.28. The standard InChI is InChI=1S/C20H15ClN4OS2/c21-14-7-5-13(6-8-14)11-17-19(24-16-4-2-1-3-15(16)23-17)28-12-18(26)25-20-22-9-10-27-20/h1-10H,11-12H2,(H,22,25,26). The summed E-state index contributed by atoms with van der Waals surface area (Å²) >= 11 is 8.76. The normalized spacial score (nSPS) is 10.9. The minimum atomic E-state index is -0.118. The number of nitrogens with zero attached hydrogens (tertiary/aromatic N) is 3. The summed E-state index contributed by atoms with van der Waals surface area (Å²) in [6, 6.07) is 15.4. The lowest BCUT2D eigenvalue weighted by Gasteiger charge is -2.10. The van der Waals surface area contributed by atoms with Gasteiger partial charge in [0.05, 0.1) is 22.5 Å². The van der Waals surface area contributed by atoms with Crippen LogP contribution in [0.15, 0.2) is 65.1 Å². The molecule has 2 aromatic carbocycles. The molecule has 0 atom stereocenters. The molecule has 0 spiro atoms. The van der Waals surface area contributed by atoms with Crippen molar-refractivity contribution in [3.63, 3.8) is 0 Å². The third-order valence-corrected chi connectivity index (χ3v) is 5.86. The van der Waals surface area contributed by atoms with Crippen molar-refractivity contribution in [2.45, 2.75) is 11.4 Å². The van der Waals surface area contributed by atoms with Gasteiger partial charge in [-0.05, 0) is 29.8 Å². The average molecular weight is 427 g/mol. The molecule has 1 N–H and O–H groups in total. The molecule has 0 aliphatic carbocycles. The lowest BCUT2D eigenvalue weighted by atomic mass is 10.1. The Bertz CT molecular complexity index is 1100. The fourth-order valence-electron chi connectivity index (χ4n) is 2.62. The quantitative estimate of drug-likeness (QED) is 0.436. The van der Waals surface area contributed by atoms with E-state index in [9.17, 15) is 4.79 Å². The number of amides is 1. The molecule has 0 unspecified atom stereocenters. The molecule has 28 heavy (non-hydrogen) atoms. The van der Waals surface area contributed by atoms with E-state index in [1.54, 1.807) is 6.20 Å². The molecule has 0 bridgehead atoms. The van der Waals surface area contributed by atoms with Gasteiger partial charge < -0.3 is 5.32 Å². The first kappa shape index (κ1) is 18.9. The van der Waals surface area contributed by atoms with Crippen LogP contribution in [0.25, 0.3) is 11.0 Å². The molecule has 1 amide bonds. The number of fused-ring (bicyclic) bond motifs is 1. The highest BCUT2D eigenvalue weighted by Gasteiger charge is 2.13. The van der Waals surface area contributed by atoms with E-state index in [1.165, 1.54) is 23.1 Å². The summed E-state index contributed by atoms with van der Waals surface area (Å²) in [5, 5.41) is 6.65. The van der Waals surface area contributed by atoms with Crippen LogP contribution in [0.2, 0.25) is 5.02 Å². The molecule has 4 rings (SSSR count). The monoisotopic (exact) mass is 426 g/mol. The van der Waals surface area contributed by atoms with Gasteiger partial charge in [0.25, 0.3) is 0 Å². The van der Waals surface area contributed by atoms with Crippen molar-refractivity contribution in [1.29, 1.82) is 0 Å². The van der Waals surface area contributed by atoms with Gasteiger partial charge in [-0.3, -0.25) is 4.79 Å². The lowest BCUT2D eigenvalue weighted by molar-refractivity contribution is -0.113. The molecule has 140 valence electrons. The Morgan fingerprint density at radius 1 is 1.07 bits per heavy atom. The predicted molar refractivity (Wildman–Crippen MR) is 115 cm³/mol. The number of aromatic nitrogens is 3. The van der Waals surface area contributed by atoms with Crippen molar-refractivity contribution in [1.82, 2.24) is 15.0 Å². The van der Waals surface area contributed by atoms with E-state index in [2.05, 4.69) is 10.3 Å². The van der Waals surface area contributed by atoms with Crippen molar-refractivity contribution >= 4 is 56.8 Å². The van der Waals surface area contributed by atoms with E-state index in [0.717, 1.165) is 27.3 Å². The van der Waals surface area contributed by atoms with Crippen LogP contribution < -0.4 is 5.32 Å². The average Bonchev–Trinajstić information content (AvgIpc) is 3.21. The number of thiazole rings is 1. The maximum Gasteiger partial charge on any atom is 0.236 e. The summed E-state index contributed by atoms with van der Waals surface area (Å²) in [6.45, 7) is 0. The van der Waals surface area contributed by atoms with E-state index < -0.39 is 0 Å². The van der Waals surface area contributed by atoms with Crippen molar-refractivity contribution < 1.29 is 4.79 Å². The van der Waals surface area contributed by atoms with Gasteiger partial charge in [0.15, 0.2) is 5.13 Å². The SMILES string of the molecule is O=C(CSc1nc2ccccc2nc1Cc1ccc(Cl)cc1)Nc1nccs1. The molecule has 2 heterocycles. The highest BCUT2D eigenvalue weighted by atomic mass is 35.5. The number of anilines is 1. The number of benzene rings is 2. The van der Waals surface area contributed by atoms with Crippen LogP contribution in [0, 0.1) is 0 Å². The fourth-order valence-corrected chi connectivity index (χ4v) is 4.08. The first-order valence-corrected chi connectivity index (χ1v) is 10.7. The van der Waals surface area contributed by atoms with Crippen molar-refractivity contribution in [3.8, 4) is 0 Å². The van der Waals surface area contributed by atoms with Crippen molar-refractivity contribution in [3.05, 3.63) is 76.4 Å². The molecular weight excluding hydrogens is 412 g/mol. The second kappa shape index (κ2) is 8.68. The van der Waals surface area contributed by atoms with Gasteiger partial charge in [-0.1, -0.05) is 47.6 Å². The number of nitrogens with one attached hydrogen (secondary N) is 1. The zero-order valence-electron chi connectivity index (χ0n) is 14.6. The fraction of sp³-hybridized carbons (Fsp3) is 0.100. The van der Waals surface area contributed by atoms with E-state index in [-0.39, 0.29) is 11.7 Å². The second-order valence-electron chi connectivity index (χ2n) is 5.94. The predicted octanol–water partition coefficient (Wildman–Crippen LogP) is 5.06. The summed E-state index contributed by atoms with van der Waals surface area (Å²) < 4.78 is 0. The number of carbonyl (C=O) groups excluding carboxylic acids is 1. The lowest BCUT2D eigenvalue weighted by Crippen LogP contribution is -2.14. The Labute approximate surface area is 175 Å². The molecule has 2 aromatic heterocycles. The van der Waals surface area contributed by atoms with Gasteiger partial charge in [-0.15, -0.1) is 11.3 Å². The number of rotatable bonds is 6. The molecule has 8 heteroatoms. The third-order valence-electron chi connectivity index (χ3n) is 3.91. The summed E-state index contributed by atoms with van der Waals surface area (Å²) in [5.41, 5.74) is 3.57. The Balaban J connectivity index is 1.57. The van der Waals surface area contributed by atoms with Crippen LogP contribution in [-0.2, 0) is 11.2 Å². The number of halogens is 1. The van der Waals surface area contributed by atoms with E-state index in [1.807, 2.05) is 53.9 Å². The molecule has 0 saturated carbocycles. The maximum atomic E-state index is 12.2. The minimum absolute atomic E-state index is 0.118. The first-order valence-electron chi connectivity index (χ1n) is 8.49. The zero-order chi connectivity index (χ0) is 19.3. The highest BCUT2D eigenvalue weighted by Crippen LogP contribution is 2.25. The number of thioether (sulfide) groups is 1. The minimum Gasteiger partial charge on any atom is -0.301 e. The third kappa shape index (κ3) is 4.67. The second-order valence-corrected chi connectivity index (χ2v) is 8.24. The van der Waals surface area contributed by atoms with Gasteiger partial charge in [0.2, 0.25) is 5.91 Å². The zero-order valence-corrected chi connectivity index (χ0v) is 17.0. The van der Waals surface area contributed by atoms with Crippen LogP contribution in [0.3, 0.4) is 0 Å². The first-order chi connectivity index (χ1) is 13.7. The summed E-state index contributed by atoms with van der Waals surface area (Å²) in [4.78, 5) is 25.8. The number of carbonyl (C=O) groups is 1. The van der Waals surface area contributed by atoms with Gasteiger partial charge in [0.1, 0.15) is 5.03 Å². The van der Waals surface area contributed by atoms with Crippen LogP contribution in [0.1, 0.15) is 11.3 Å².